The Labute approximate surface area is 121 Å². The van der Waals surface area contributed by atoms with Crippen molar-refractivity contribution in [2.75, 3.05) is 13.6 Å². The van der Waals surface area contributed by atoms with Crippen molar-refractivity contribution in [3.05, 3.63) is 29.8 Å². The largest absolute Gasteiger partial charge is 0.508 e. The number of para-hydroxylation sites is 1. The van der Waals surface area contributed by atoms with Gasteiger partial charge in [-0.1, -0.05) is 31.5 Å². The summed E-state index contributed by atoms with van der Waals surface area (Å²) in [6, 6.07) is 7.59. The van der Waals surface area contributed by atoms with Crippen molar-refractivity contribution < 1.29 is 9.90 Å². The van der Waals surface area contributed by atoms with E-state index in [0.29, 0.717) is 24.4 Å². The molecule has 1 aromatic rings. The predicted molar refractivity (Wildman–Crippen MR) is 80.8 cm³/mol. The van der Waals surface area contributed by atoms with Crippen molar-refractivity contribution in [2.24, 2.45) is 0 Å². The van der Waals surface area contributed by atoms with Gasteiger partial charge in [0, 0.05) is 18.4 Å². The Morgan fingerprint density at radius 2 is 1.90 bits per heavy atom. The van der Waals surface area contributed by atoms with E-state index in [4.69, 9.17) is 0 Å². The Morgan fingerprint density at radius 1 is 1.25 bits per heavy atom. The number of rotatable bonds is 5. The standard InChI is InChI=1S/C17H25NO2/c1-3-4-13-18(2)17(11-9-14(19)10-12-17)15-7-5-6-8-16(15)20/h5-8,20H,3-4,9-13H2,1-2H3. The molecule has 0 bridgehead atoms. The molecule has 2 rings (SSSR count). The van der Waals surface area contributed by atoms with Gasteiger partial charge in [0.15, 0.2) is 0 Å². The van der Waals surface area contributed by atoms with Gasteiger partial charge < -0.3 is 5.11 Å². The van der Waals surface area contributed by atoms with Crippen LogP contribution >= 0.6 is 0 Å². The van der Waals surface area contributed by atoms with Crippen LogP contribution in [-0.4, -0.2) is 29.4 Å². The summed E-state index contributed by atoms with van der Waals surface area (Å²) in [6.45, 7) is 3.18. The molecule has 110 valence electrons. The van der Waals surface area contributed by atoms with Crippen LogP contribution in [0.1, 0.15) is 51.0 Å². The second kappa shape index (κ2) is 6.40. The molecule has 0 radical (unpaired) electrons. The van der Waals surface area contributed by atoms with E-state index in [2.05, 4.69) is 18.9 Å². The third-order valence-corrected chi connectivity index (χ3v) is 4.62. The molecular weight excluding hydrogens is 250 g/mol. The molecule has 0 unspecified atom stereocenters. The molecule has 1 aromatic carbocycles. The normalized spacial score (nSPS) is 18.4. The zero-order chi connectivity index (χ0) is 14.6. The second-order valence-electron chi connectivity index (χ2n) is 5.86. The minimum Gasteiger partial charge on any atom is -0.508 e. The van der Waals surface area contributed by atoms with Crippen LogP contribution in [0.15, 0.2) is 24.3 Å². The SMILES string of the molecule is CCCCN(C)C1(c2ccccc2O)CCC(=O)CC1. The number of benzene rings is 1. The van der Waals surface area contributed by atoms with Gasteiger partial charge >= 0.3 is 0 Å². The molecule has 0 aromatic heterocycles. The number of phenols is 1. The number of Topliss-reactive ketones (excluding diaryl/α,β-unsaturated/α-hetero) is 1. The summed E-state index contributed by atoms with van der Waals surface area (Å²) < 4.78 is 0. The number of hydrogen-bond donors (Lipinski definition) is 1. The molecule has 0 atom stereocenters. The first kappa shape index (κ1) is 15.0. The minimum absolute atomic E-state index is 0.186. The Bertz CT molecular complexity index is 460. The lowest BCUT2D eigenvalue weighted by Crippen LogP contribution is -2.47. The van der Waals surface area contributed by atoms with E-state index in [-0.39, 0.29) is 5.54 Å². The third-order valence-electron chi connectivity index (χ3n) is 4.62. The fourth-order valence-corrected chi connectivity index (χ4v) is 3.28. The topological polar surface area (TPSA) is 40.5 Å². The summed E-state index contributed by atoms with van der Waals surface area (Å²) in [7, 11) is 2.12. The first-order chi connectivity index (χ1) is 9.60. The van der Waals surface area contributed by atoms with E-state index < -0.39 is 0 Å². The molecule has 0 aliphatic heterocycles. The van der Waals surface area contributed by atoms with Crippen LogP contribution in [0.4, 0.5) is 0 Å². The summed E-state index contributed by atoms with van der Waals surface area (Å²) >= 11 is 0. The maximum atomic E-state index is 11.6. The van der Waals surface area contributed by atoms with Gasteiger partial charge in [0.05, 0.1) is 5.54 Å². The molecule has 3 nitrogen and oxygen atoms in total. The number of phenolic OH excluding ortho intramolecular Hbond substituents is 1. The summed E-state index contributed by atoms with van der Waals surface area (Å²) in [6.07, 6.45) is 5.14. The maximum Gasteiger partial charge on any atom is 0.133 e. The van der Waals surface area contributed by atoms with Crippen molar-refractivity contribution in [3.8, 4) is 5.75 Å². The Hall–Kier alpha value is -1.35. The minimum atomic E-state index is -0.186. The van der Waals surface area contributed by atoms with Gasteiger partial charge in [0.2, 0.25) is 0 Å². The average molecular weight is 275 g/mol. The lowest BCUT2D eigenvalue weighted by molar-refractivity contribution is -0.123. The highest BCUT2D eigenvalue weighted by molar-refractivity contribution is 5.79. The fraction of sp³-hybridized carbons (Fsp3) is 0.588. The number of carbonyl (C=O) groups excluding carboxylic acids is 1. The Morgan fingerprint density at radius 3 is 2.50 bits per heavy atom. The molecule has 0 saturated heterocycles. The first-order valence-electron chi connectivity index (χ1n) is 7.61. The number of nitrogens with zero attached hydrogens (tertiary/aromatic N) is 1. The summed E-state index contributed by atoms with van der Waals surface area (Å²) in [5, 5.41) is 10.3. The molecule has 0 heterocycles. The zero-order valence-electron chi connectivity index (χ0n) is 12.6. The van der Waals surface area contributed by atoms with Gasteiger partial charge in [0.1, 0.15) is 11.5 Å². The Balaban J connectivity index is 2.34. The van der Waals surface area contributed by atoms with E-state index in [0.717, 1.165) is 37.8 Å². The van der Waals surface area contributed by atoms with E-state index in [1.807, 2.05) is 18.2 Å². The van der Waals surface area contributed by atoms with Crippen LogP contribution in [0.25, 0.3) is 0 Å². The van der Waals surface area contributed by atoms with Gasteiger partial charge in [-0.05, 0) is 38.9 Å². The average Bonchev–Trinajstić information content (AvgIpc) is 2.46. The molecule has 1 aliphatic rings. The smallest absolute Gasteiger partial charge is 0.133 e. The Kier molecular flexibility index (Phi) is 4.81. The number of hydrogen-bond acceptors (Lipinski definition) is 3. The third kappa shape index (κ3) is 2.88. The number of unbranched alkanes of at least 4 members (excludes halogenated alkanes) is 1. The van der Waals surface area contributed by atoms with Crippen LogP contribution < -0.4 is 0 Å². The van der Waals surface area contributed by atoms with E-state index >= 15 is 0 Å². The summed E-state index contributed by atoms with van der Waals surface area (Å²) in [5.74, 6) is 0.699. The molecular formula is C17H25NO2. The van der Waals surface area contributed by atoms with E-state index in [1.165, 1.54) is 0 Å². The fourth-order valence-electron chi connectivity index (χ4n) is 3.28. The predicted octanol–water partition coefficient (Wildman–Crippen LogP) is 3.46. The van der Waals surface area contributed by atoms with Gasteiger partial charge in [-0.25, -0.2) is 0 Å². The van der Waals surface area contributed by atoms with Crippen molar-refractivity contribution in [1.82, 2.24) is 4.90 Å². The van der Waals surface area contributed by atoms with E-state index in [9.17, 15) is 9.90 Å². The van der Waals surface area contributed by atoms with Gasteiger partial charge in [-0.3, -0.25) is 9.69 Å². The highest BCUT2D eigenvalue weighted by Crippen LogP contribution is 2.44. The highest BCUT2D eigenvalue weighted by Gasteiger charge is 2.41. The monoisotopic (exact) mass is 275 g/mol. The molecule has 1 N–H and O–H groups in total. The zero-order valence-corrected chi connectivity index (χ0v) is 12.6. The summed E-state index contributed by atoms with van der Waals surface area (Å²) in [5.41, 5.74) is 0.792. The molecule has 0 spiro atoms. The maximum absolute atomic E-state index is 11.6. The van der Waals surface area contributed by atoms with Crippen LogP contribution in [0, 0.1) is 0 Å². The lowest BCUT2D eigenvalue weighted by atomic mass is 9.74. The lowest BCUT2D eigenvalue weighted by Gasteiger charge is -2.45. The molecule has 0 amide bonds. The molecule has 1 aliphatic carbocycles. The van der Waals surface area contributed by atoms with Crippen LogP contribution in [0.2, 0.25) is 0 Å². The second-order valence-corrected chi connectivity index (χ2v) is 5.86. The first-order valence-corrected chi connectivity index (χ1v) is 7.61. The highest BCUT2D eigenvalue weighted by atomic mass is 16.3. The molecule has 1 fully saturated rings. The van der Waals surface area contributed by atoms with Crippen LogP contribution in [0.3, 0.4) is 0 Å². The van der Waals surface area contributed by atoms with Crippen molar-refractivity contribution in [2.45, 2.75) is 51.0 Å². The molecule has 3 heteroatoms. The van der Waals surface area contributed by atoms with Crippen LogP contribution in [-0.2, 0) is 10.3 Å². The van der Waals surface area contributed by atoms with Gasteiger partial charge in [-0.2, -0.15) is 0 Å². The van der Waals surface area contributed by atoms with Crippen molar-refractivity contribution in [1.29, 1.82) is 0 Å². The van der Waals surface area contributed by atoms with Crippen molar-refractivity contribution in [3.63, 3.8) is 0 Å². The number of carbonyl (C=O) groups is 1. The molecule has 1 saturated carbocycles. The summed E-state index contributed by atoms with van der Waals surface area (Å²) in [4.78, 5) is 14.0. The van der Waals surface area contributed by atoms with E-state index in [1.54, 1.807) is 6.07 Å². The number of ketones is 1. The van der Waals surface area contributed by atoms with Crippen molar-refractivity contribution >= 4 is 5.78 Å². The quantitative estimate of drug-likeness (QED) is 0.894. The van der Waals surface area contributed by atoms with Gasteiger partial charge in [0.25, 0.3) is 0 Å². The van der Waals surface area contributed by atoms with Crippen LogP contribution in [0.5, 0.6) is 5.75 Å². The van der Waals surface area contributed by atoms with Gasteiger partial charge in [-0.15, -0.1) is 0 Å². The number of aromatic hydroxyl groups is 1. The molecule has 20 heavy (non-hydrogen) atoms.